The maximum Gasteiger partial charge on any atom is 0.0991 e. The van der Waals surface area contributed by atoms with Crippen molar-refractivity contribution in [3.8, 4) is 6.07 Å². The molecular weight excluding hydrogens is 236 g/mol. The van der Waals surface area contributed by atoms with Gasteiger partial charge in [0.1, 0.15) is 0 Å². The van der Waals surface area contributed by atoms with Crippen molar-refractivity contribution in [2.45, 2.75) is 26.3 Å². The molecule has 3 nitrogen and oxygen atoms in total. The van der Waals surface area contributed by atoms with Crippen molar-refractivity contribution < 1.29 is 4.74 Å². The van der Waals surface area contributed by atoms with E-state index in [0.717, 1.165) is 25.3 Å². The molecule has 1 aromatic carbocycles. The van der Waals surface area contributed by atoms with Crippen LogP contribution >= 0.6 is 0 Å². The Morgan fingerprint density at radius 2 is 2.32 bits per heavy atom. The SMILES string of the molecule is COCC1CCCN(Cc2ccc(C#N)cc2C)C1. The molecular formula is C16H22N2O. The molecule has 0 saturated carbocycles. The lowest BCUT2D eigenvalue weighted by molar-refractivity contribution is 0.0873. The number of hydrogen-bond acceptors (Lipinski definition) is 3. The van der Waals surface area contributed by atoms with E-state index in [1.807, 2.05) is 12.1 Å². The van der Waals surface area contributed by atoms with Gasteiger partial charge in [-0.25, -0.2) is 0 Å². The highest BCUT2D eigenvalue weighted by Crippen LogP contribution is 2.20. The van der Waals surface area contributed by atoms with Gasteiger partial charge in [0, 0.05) is 20.2 Å². The number of nitrogens with zero attached hydrogens (tertiary/aromatic N) is 2. The zero-order valence-corrected chi connectivity index (χ0v) is 11.9. The Labute approximate surface area is 115 Å². The third kappa shape index (κ3) is 3.79. The van der Waals surface area contributed by atoms with Gasteiger partial charge in [-0.3, -0.25) is 4.90 Å². The lowest BCUT2D eigenvalue weighted by atomic mass is 9.97. The molecule has 1 heterocycles. The summed E-state index contributed by atoms with van der Waals surface area (Å²) in [5.74, 6) is 0.664. The smallest absolute Gasteiger partial charge is 0.0991 e. The fourth-order valence-corrected chi connectivity index (χ4v) is 2.85. The van der Waals surface area contributed by atoms with E-state index < -0.39 is 0 Å². The van der Waals surface area contributed by atoms with Gasteiger partial charge in [0.15, 0.2) is 0 Å². The standard InChI is InChI=1S/C16H22N2O/c1-13-8-14(9-17)5-6-16(13)11-18-7-3-4-15(10-18)12-19-2/h5-6,8,15H,3-4,7,10-12H2,1-2H3. The van der Waals surface area contributed by atoms with Gasteiger partial charge in [-0.05, 0) is 55.5 Å². The van der Waals surface area contributed by atoms with E-state index in [4.69, 9.17) is 10.00 Å². The van der Waals surface area contributed by atoms with Gasteiger partial charge in [0.25, 0.3) is 0 Å². The minimum absolute atomic E-state index is 0.664. The maximum absolute atomic E-state index is 8.89. The molecule has 0 radical (unpaired) electrons. The zero-order chi connectivity index (χ0) is 13.7. The minimum atomic E-state index is 0.664. The van der Waals surface area contributed by atoms with Gasteiger partial charge in [-0.1, -0.05) is 6.07 Å². The molecule has 0 bridgehead atoms. The fraction of sp³-hybridized carbons (Fsp3) is 0.562. The van der Waals surface area contributed by atoms with Crippen LogP contribution in [-0.4, -0.2) is 31.7 Å². The van der Waals surface area contributed by atoms with Crippen molar-refractivity contribution in [1.29, 1.82) is 5.26 Å². The number of methoxy groups -OCH3 is 1. The summed E-state index contributed by atoms with van der Waals surface area (Å²) >= 11 is 0. The molecule has 1 fully saturated rings. The van der Waals surface area contributed by atoms with E-state index in [9.17, 15) is 0 Å². The Balaban J connectivity index is 1.99. The highest BCUT2D eigenvalue weighted by atomic mass is 16.5. The van der Waals surface area contributed by atoms with Gasteiger partial charge < -0.3 is 4.74 Å². The molecule has 0 amide bonds. The average Bonchev–Trinajstić information content (AvgIpc) is 2.42. The van der Waals surface area contributed by atoms with Crippen LogP contribution in [-0.2, 0) is 11.3 Å². The topological polar surface area (TPSA) is 36.3 Å². The van der Waals surface area contributed by atoms with E-state index in [1.54, 1.807) is 7.11 Å². The van der Waals surface area contributed by atoms with E-state index >= 15 is 0 Å². The molecule has 2 rings (SSSR count). The summed E-state index contributed by atoms with van der Waals surface area (Å²) in [6.45, 7) is 6.22. The molecule has 1 aromatic rings. The number of hydrogen-bond donors (Lipinski definition) is 0. The van der Waals surface area contributed by atoms with Crippen molar-refractivity contribution in [2.75, 3.05) is 26.8 Å². The molecule has 1 atom stereocenters. The number of benzene rings is 1. The molecule has 1 unspecified atom stereocenters. The summed E-state index contributed by atoms with van der Waals surface area (Å²) in [5, 5.41) is 8.89. The Morgan fingerprint density at radius 3 is 3.00 bits per heavy atom. The zero-order valence-electron chi connectivity index (χ0n) is 11.9. The van der Waals surface area contributed by atoms with Crippen LogP contribution in [0, 0.1) is 24.2 Å². The molecule has 3 heteroatoms. The Morgan fingerprint density at radius 1 is 1.47 bits per heavy atom. The monoisotopic (exact) mass is 258 g/mol. The van der Waals surface area contributed by atoms with Crippen LogP contribution < -0.4 is 0 Å². The number of piperidine rings is 1. The summed E-state index contributed by atoms with van der Waals surface area (Å²) in [6, 6.07) is 8.18. The van der Waals surface area contributed by atoms with Crippen LogP contribution in [0.3, 0.4) is 0 Å². The molecule has 102 valence electrons. The normalized spacial score (nSPS) is 20.2. The van der Waals surface area contributed by atoms with E-state index in [2.05, 4.69) is 24.0 Å². The number of likely N-dealkylation sites (tertiary alicyclic amines) is 1. The molecule has 0 spiro atoms. The Hall–Kier alpha value is -1.37. The van der Waals surface area contributed by atoms with Gasteiger partial charge in [0.2, 0.25) is 0 Å². The second kappa shape index (κ2) is 6.70. The Bertz CT molecular complexity index is 462. The second-order valence-corrected chi connectivity index (χ2v) is 5.45. The van der Waals surface area contributed by atoms with Gasteiger partial charge in [0.05, 0.1) is 18.2 Å². The van der Waals surface area contributed by atoms with Crippen LogP contribution in [0.15, 0.2) is 18.2 Å². The molecule has 1 aliphatic heterocycles. The highest BCUT2D eigenvalue weighted by molar-refractivity contribution is 5.37. The summed E-state index contributed by atoms with van der Waals surface area (Å²) in [6.07, 6.45) is 2.53. The summed E-state index contributed by atoms with van der Waals surface area (Å²) in [5.41, 5.74) is 3.29. The first-order chi connectivity index (χ1) is 9.22. The maximum atomic E-state index is 8.89. The molecule has 0 aromatic heterocycles. The quantitative estimate of drug-likeness (QED) is 0.833. The largest absolute Gasteiger partial charge is 0.384 e. The average molecular weight is 258 g/mol. The van der Waals surface area contributed by atoms with Crippen LogP contribution in [0.5, 0.6) is 0 Å². The first-order valence-electron chi connectivity index (χ1n) is 6.94. The minimum Gasteiger partial charge on any atom is -0.384 e. The lowest BCUT2D eigenvalue weighted by Gasteiger charge is -2.32. The molecule has 1 saturated heterocycles. The number of nitriles is 1. The van der Waals surface area contributed by atoms with Crippen molar-refractivity contribution in [3.05, 3.63) is 34.9 Å². The second-order valence-electron chi connectivity index (χ2n) is 5.45. The molecule has 0 aliphatic carbocycles. The third-order valence-corrected chi connectivity index (χ3v) is 3.87. The van der Waals surface area contributed by atoms with Crippen LogP contribution in [0.2, 0.25) is 0 Å². The predicted molar refractivity (Wildman–Crippen MR) is 75.8 cm³/mol. The summed E-state index contributed by atoms with van der Waals surface area (Å²) in [7, 11) is 1.78. The van der Waals surface area contributed by atoms with E-state index in [-0.39, 0.29) is 0 Å². The number of rotatable bonds is 4. The van der Waals surface area contributed by atoms with Crippen LogP contribution in [0.1, 0.15) is 29.5 Å². The predicted octanol–water partition coefficient (Wildman–Crippen LogP) is 2.73. The fourth-order valence-electron chi connectivity index (χ4n) is 2.85. The first kappa shape index (κ1) is 14.0. The van der Waals surface area contributed by atoms with Crippen molar-refractivity contribution in [3.63, 3.8) is 0 Å². The van der Waals surface area contributed by atoms with Crippen molar-refractivity contribution in [2.24, 2.45) is 5.92 Å². The van der Waals surface area contributed by atoms with Crippen LogP contribution in [0.25, 0.3) is 0 Å². The summed E-state index contributed by atoms with van der Waals surface area (Å²) < 4.78 is 5.27. The molecule has 0 N–H and O–H groups in total. The van der Waals surface area contributed by atoms with Crippen molar-refractivity contribution in [1.82, 2.24) is 4.90 Å². The first-order valence-corrected chi connectivity index (χ1v) is 6.94. The Kier molecular flexibility index (Phi) is 4.95. The molecule has 1 aliphatic rings. The summed E-state index contributed by atoms with van der Waals surface area (Å²) in [4.78, 5) is 2.50. The van der Waals surface area contributed by atoms with E-state index in [1.165, 1.54) is 30.5 Å². The van der Waals surface area contributed by atoms with Gasteiger partial charge in [-0.15, -0.1) is 0 Å². The van der Waals surface area contributed by atoms with Crippen molar-refractivity contribution >= 4 is 0 Å². The van der Waals surface area contributed by atoms with Gasteiger partial charge in [-0.2, -0.15) is 5.26 Å². The van der Waals surface area contributed by atoms with Crippen LogP contribution in [0.4, 0.5) is 0 Å². The third-order valence-electron chi connectivity index (χ3n) is 3.87. The van der Waals surface area contributed by atoms with Gasteiger partial charge >= 0.3 is 0 Å². The molecule has 19 heavy (non-hydrogen) atoms. The highest BCUT2D eigenvalue weighted by Gasteiger charge is 2.20. The van der Waals surface area contributed by atoms with E-state index in [0.29, 0.717) is 5.92 Å². The number of ether oxygens (including phenoxy) is 1. The number of aryl methyl sites for hydroxylation is 1. The lowest BCUT2D eigenvalue weighted by Crippen LogP contribution is -2.36.